The monoisotopic (exact) mass is 330 g/mol. The topological polar surface area (TPSA) is 35.5 Å². The fraction of sp³-hybridized carbons (Fsp3) is 0.462. The summed E-state index contributed by atoms with van der Waals surface area (Å²) in [7, 11) is 0. The predicted molar refractivity (Wildman–Crippen MR) is 63.1 cm³/mol. The minimum absolute atomic E-state index is 0.207. The number of aryl methyl sites for hydroxylation is 1. The molecule has 1 atom stereocenters. The van der Waals surface area contributed by atoms with Crippen LogP contribution in [0, 0.1) is 0 Å². The quantitative estimate of drug-likeness (QED) is 0.444. The number of hydrogen-bond acceptors (Lipinski definition) is 3. The first-order valence-corrected chi connectivity index (χ1v) is 6.10. The fourth-order valence-electron chi connectivity index (χ4n) is 1.45. The first kappa shape index (κ1) is 18.1. The van der Waals surface area contributed by atoms with Crippen LogP contribution in [-0.2, 0) is 15.9 Å². The SMILES string of the molecule is O=C(OCCCc1ccccc1)OC(F)(C(F)F)C(F)(F)F. The summed E-state index contributed by atoms with van der Waals surface area (Å²) in [6, 6.07) is 8.83. The average Bonchev–Trinajstić information content (AvgIpc) is 2.43. The van der Waals surface area contributed by atoms with Gasteiger partial charge in [0.05, 0.1) is 6.61 Å². The van der Waals surface area contributed by atoms with Gasteiger partial charge in [0, 0.05) is 0 Å². The molecule has 1 rings (SSSR count). The van der Waals surface area contributed by atoms with Crippen molar-refractivity contribution < 1.29 is 40.6 Å². The molecular formula is C13H12F6O3. The number of hydrogen-bond donors (Lipinski definition) is 0. The molecule has 0 aliphatic carbocycles. The van der Waals surface area contributed by atoms with Gasteiger partial charge in [-0.05, 0) is 18.4 Å². The second kappa shape index (κ2) is 7.37. The standard InChI is InChI=1S/C13H12F6O3/c14-10(15)12(16,13(17,18)19)22-11(20)21-8-4-7-9-5-2-1-3-6-9/h1-3,5-6,10H,4,7-8H2. The van der Waals surface area contributed by atoms with Crippen LogP contribution >= 0.6 is 0 Å². The van der Waals surface area contributed by atoms with Crippen LogP contribution in [-0.4, -0.2) is 31.2 Å². The third kappa shape index (κ3) is 4.81. The Morgan fingerprint density at radius 3 is 2.18 bits per heavy atom. The van der Waals surface area contributed by atoms with Gasteiger partial charge in [-0.3, -0.25) is 0 Å². The molecule has 22 heavy (non-hydrogen) atoms. The largest absolute Gasteiger partial charge is 0.511 e. The summed E-state index contributed by atoms with van der Waals surface area (Å²) in [5.74, 6) is -5.39. The normalized spacial score (nSPS) is 14.5. The van der Waals surface area contributed by atoms with E-state index in [0.29, 0.717) is 6.42 Å². The number of rotatable bonds is 6. The fourth-order valence-corrected chi connectivity index (χ4v) is 1.45. The van der Waals surface area contributed by atoms with Crippen LogP contribution in [0.2, 0.25) is 0 Å². The molecule has 124 valence electrons. The average molecular weight is 330 g/mol. The summed E-state index contributed by atoms with van der Waals surface area (Å²) in [5, 5.41) is 0. The van der Waals surface area contributed by atoms with Gasteiger partial charge in [0.2, 0.25) is 0 Å². The second-order valence-electron chi connectivity index (χ2n) is 4.23. The number of halogens is 6. The van der Waals surface area contributed by atoms with E-state index in [2.05, 4.69) is 9.47 Å². The Morgan fingerprint density at radius 2 is 1.68 bits per heavy atom. The van der Waals surface area contributed by atoms with E-state index in [1.54, 1.807) is 30.3 Å². The molecule has 0 N–H and O–H groups in total. The van der Waals surface area contributed by atoms with Crippen LogP contribution in [0.4, 0.5) is 31.1 Å². The van der Waals surface area contributed by atoms with Gasteiger partial charge in [-0.25, -0.2) is 13.6 Å². The van der Waals surface area contributed by atoms with Crippen molar-refractivity contribution >= 4 is 6.16 Å². The van der Waals surface area contributed by atoms with E-state index in [0.717, 1.165) is 5.56 Å². The van der Waals surface area contributed by atoms with Crippen LogP contribution in [0.3, 0.4) is 0 Å². The summed E-state index contributed by atoms with van der Waals surface area (Å²) in [4.78, 5) is 10.9. The van der Waals surface area contributed by atoms with E-state index in [9.17, 15) is 31.1 Å². The number of carbonyl (C=O) groups excluding carboxylic acids is 1. The van der Waals surface area contributed by atoms with Gasteiger partial charge in [0.15, 0.2) is 0 Å². The molecule has 0 amide bonds. The molecule has 0 heterocycles. The Bertz CT molecular complexity index is 476. The number of alkyl halides is 6. The molecule has 1 unspecified atom stereocenters. The summed E-state index contributed by atoms with van der Waals surface area (Å²) < 4.78 is 81.0. The van der Waals surface area contributed by atoms with Crippen LogP contribution in [0.15, 0.2) is 30.3 Å². The Balaban J connectivity index is 2.42. The van der Waals surface area contributed by atoms with E-state index in [4.69, 9.17) is 0 Å². The molecule has 9 heteroatoms. The van der Waals surface area contributed by atoms with Crippen LogP contribution in [0.5, 0.6) is 0 Å². The maximum atomic E-state index is 13.0. The molecular weight excluding hydrogens is 318 g/mol. The third-order valence-corrected chi connectivity index (χ3v) is 2.57. The van der Waals surface area contributed by atoms with Crippen molar-refractivity contribution in [3.8, 4) is 0 Å². The molecule has 0 aromatic heterocycles. The van der Waals surface area contributed by atoms with Gasteiger partial charge >= 0.3 is 24.6 Å². The summed E-state index contributed by atoms with van der Waals surface area (Å²) in [6.07, 6.45) is -12.1. The number of ether oxygens (including phenoxy) is 2. The molecule has 3 nitrogen and oxygen atoms in total. The number of benzene rings is 1. The van der Waals surface area contributed by atoms with Crippen molar-refractivity contribution in [2.45, 2.75) is 31.3 Å². The molecule has 0 bridgehead atoms. The van der Waals surface area contributed by atoms with Gasteiger partial charge in [0.1, 0.15) is 0 Å². The Hall–Kier alpha value is -1.93. The van der Waals surface area contributed by atoms with Crippen molar-refractivity contribution in [3.05, 3.63) is 35.9 Å². The molecule has 0 saturated heterocycles. The first-order chi connectivity index (χ1) is 10.2. The second-order valence-corrected chi connectivity index (χ2v) is 4.23. The van der Waals surface area contributed by atoms with Gasteiger partial charge in [-0.15, -0.1) is 0 Å². The Morgan fingerprint density at radius 1 is 1.09 bits per heavy atom. The summed E-state index contributed by atoms with van der Waals surface area (Å²) in [6.45, 7) is -0.398. The lowest BCUT2D eigenvalue weighted by Crippen LogP contribution is -2.51. The Labute approximate surface area is 121 Å². The van der Waals surface area contributed by atoms with Crippen LogP contribution in [0.25, 0.3) is 0 Å². The Kier molecular flexibility index (Phi) is 6.07. The van der Waals surface area contributed by atoms with E-state index in [-0.39, 0.29) is 6.42 Å². The minimum atomic E-state index is -6.07. The third-order valence-electron chi connectivity index (χ3n) is 2.57. The minimum Gasteiger partial charge on any atom is -0.434 e. The molecule has 0 radical (unpaired) electrons. The van der Waals surface area contributed by atoms with E-state index in [1.807, 2.05) is 0 Å². The lowest BCUT2D eigenvalue weighted by atomic mass is 10.1. The predicted octanol–water partition coefficient (Wildman–Crippen LogP) is 4.27. The molecule has 1 aromatic carbocycles. The van der Waals surface area contributed by atoms with Crippen molar-refractivity contribution in [1.82, 2.24) is 0 Å². The highest BCUT2D eigenvalue weighted by Gasteiger charge is 2.67. The van der Waals surface area contributed by atoms with Crippen LogP contribution < -0.4 is 0 Å². The van der Waals surface area contributed by atoms with Crippen molar-refractivity contribution in [2.75, 3.05) is 6.61 Å². The zero-order valence-electron chi connectivity index (χ0n) is 11.1. The smallest absolute Gasteiger partial charge is 0.434 e. The van der Waals surface area contributed by atoms with E-state index in [1.165, 1.54) is 0 Å². The highest BCUT2D eigenvalue weighted by atomic mass is 19.4. The molecule has 0 saturated carbocycles. The lowest BCUT2D eigenvalue weighted by molar-refractivity contribution is -0.353. The first-order valence-electron chi connectivity index (χ1n) is 6.10. The zero-order chi connectivity index (χ0) is 16.8. The van der Waals surface area contributed by atoms with Gasteiger partial charge < -0.3 is 9.47 Å². The maximum Gasteiger partial charge on any atom is 0.511 e. The van der Waals surface area contributed by atoms with Gasteiger partial charge in [-0.2, -0.15) is 17.6 Å². The summed E-state index contributed by atoms with van der Waals surface area (Å²) >= 11 is 0. The highest BCUT2D eigenvalue weighted by Crippen LogP contribution is 2.40. The summed E-state index contributed by atoms with van der Waals surface area (Å²) in [5.41, 5.74) is 0.877. The maximum absolute atomic E-state index is 13.0. The molecule has 0 aliphatic rings. The van der Waals surface area contributed by atoms with Gasteiger partial charge in [0.25, 0.3) is 0 Å². The molecule has 1 aromatic rings. The zero-order valence-corrected chi connectivity index (χ0v) is 11.1. The van der Waals surface area contributed by atoms with Crippen molar-refractivity contribution in [2.24, 2.45) is 0 Å². The molecule has 0 fully saturated rings. The van der Waals surface area contributed by atoms with Crippen LogP contribution in [0.1, 0.15) is 12.0 Å². The van der Waals surface area contributed by atoms with E-state index < -0.39 is 31.2 Å². The highest BCUT2D eigenvalue weighted by molar-refractivity contribution is 5.60. The van der Waals surface area contributed by atoms with E-state index >= 15 is 0 Å². The molecule has 0 spiro atoms. The van der Waals surface area contributed by atoms with Gasteiger partial charge in [-0.1, -0.05) is 30.3 Å². The van der Waals surface area contributed by atoms with Crippen molar-refractivity contribution in [1.29, 1.82) is 0 Å². The molecule has 0 aliphatic heterocycles. The lowest BCUT2D eigenvalue weighted by Gasteiger charge is -2.25. The van der Waals surface area contributed by atoms with Crippen molar-refractivity contribution in [3.63, 3.8) is 0 Å². The number of carbonyl (C=O) groups is 1.